The summed E-state index contributed by atoms with van der Waals surface area (Å²) in [5.74, 6) is 0. The van der Waals surface area contributed by atoms with Gasteiger partial charge in [-0.1, -0.05) is 18.2 Å². The highest BCUT2D eigenvalue weighted by atomic mass is 32.2. The zero-order chi connectivity index (χ0) is 14.1. The van der Waals surface area contributed by atoms with Gasteiger partial charge in [-0.2, -0.15) is 0 Å². The first-order valence-electron chi connectivity index (χ1n) is 7.02. The van der Waals surface area contributed by atoms with E-state index in [2.05, 4.69) is 10.0 Å². The molecule has 0 unspecified atom stereocenters. The summed E-state index contributed by atoms with van der Waals surface area (Å²) in [5, 5.41) is 3.30. The van der Waals surface area contributed by atoms with Crippen LogP contribution in [0.4, 0.5) is 0 Å². The van der Waals surface area contributed by atoms with Crippen LogP contribution in [-0.4, -0.2) is 39.8 Å². The molecule has 2 atom stereocenters. The maximum Gasteiger partial charge on any atom is 0.240 e. The number of hydrogen-bond donors (Lipinski definition) is 2. The van der Waals surface area contributed by atoms with E-state index in [1.807, 2.05) is 6.07 Å². The highest BCUT2D eigenvalue weighted by Crippen LogP contribution is 2.31. The third kappa shape index (κ3) is 2.88. The summed E-state index contributed by atoms with van der Waals surface area (Å²) >= 11 is 0. The van der Waals surface area contributed by atoms with Crippen LogP contribution in [0.25, 0.3) is 0 Å². The van der Waals surface area contributed by atoms with Gasteiger partial charge in [0.05, 0.1) is 10.5 Å². The van der Waals surface area contributed by atoms with Crippen molar-refractivity contribution in [3.63, 3.8) is 0 Å². The number of nitrogens with one attached hydrogen (secondary N) is 2. The van der Waals surface area contributed by atoms with Crippen molar-refractivity contribution >= 4 is 10.0 Å². The molecule has 5 nitrogen and oxygen atoms in total. The topological polar surface area (TPSA) is 67.4 Å². The van der Waals surface area contributed by atoms with E-state index in [-0.39, 0.29) is 11.6 Å². The smallest absolute Gasteiger partial charge is 0.240 e. The van der Waals surface area contributed by atoms with Crippen LogP contribution in [-0.2, 0) is 14.8 Å². The lowest BCUT2D eigenvalue weighted by atomic mass is 9.90. The monoisotopic (exact) mass is 296 g/mol. The van der Waals surface area contributed by atoms with Crippen LogP contribution in [0.15, 0.2) is 35.2 Å². The van der Waals surface area contributed by atoms with Crippen molar-refractivity contribution in [3.05, 3.63) is 30.3 Å². The molecule has 1 aromatic rings. The second-order valence-electron chi connectivity index (χ2n) is 5.58. The Hall–Kier alpha value is -0.950. The second kappa shape index (κ2) is 5.44. The van der Waals surface area contributed by atoms with Crippen LogP contribution in [0.5, 0.6) is 0 Å². The van der Waals surface area contributed by atoms with E-state index in [0.29, 0.717) is 11.5 Å². The van der Waals surface area contributed by atoms with Crippen LogP contribution >= 0.6 is 0 Å². The lowest BCUT2D eigenvalue weighted by molar-refractivity contribution is -0.0717. The van der Waals surface area contributed by atoms with E-state index in [1.165, 1.54) is 0 Å². The zero-order valence-electron chi connectivity index (χ0n) is 11.3. The first-order valence-corrected chi connectivity index (χ1v) is 8.50. The number of ether oxygens (including phenoxy) is 1. The molecule has 0 bridgehead atoms. The average Bonchev–Trinajstić information content (AvgIpc) is 2.87. The molecule has 2 fully saturated rings. The maximum atomic E-state index is 12.3. The zero-order valence-corrected chi connectivity index (χ0v) is 12.2. The number of rotatable bonds is 3. The third-order valence-electron chi connectivity index (χ3n) is 4.07. The molecule has 2 N–H and O–H groups in total. The molecule has 0 radical (unpaired) electrons. The molecule has 1 spiro atoms. The van der Waals surface area contributed by atoms with Crippen molar-refractivity contribution in [2.45, 2.75) is 35.8 Å². The van der Waals surface area contributed by atoms with Gasteiger partial charge in [0.1, 0.15) is 0 Å². The van der Waals surface area contributed by atoms with E-state index in [0.717, 1.165) is 32.4 Å². The van der Waals surface area contributed by atoms with Gasteiger partial charge in [-0.15, -0.1) is 0 Å². The molecule has 2 heterocycles. The van der Waals surface area contributed by atoms with Crippen LogP contribution in [0.1, 0.15) is 19.3 Å². The van der Waals surface area contributed by atoms with E-state index < -0.39 is 10.0 Å². The SMILES string of the molecule is O=S(=O)(N[C@@H]1CCO[C@]2(CCNC2)C1)c1ccccc1. The molecule has 110 valence electrons. The fraction of sp³-hybridized carbons (Fsp3) is 0.571. The van der Waals surface area contributed by atoms with Crippen molar-refractivity contribution in [1.29, 1.82) is 0 Å². The van der Waals surface area contributed by atoms with Gasteiger partial charge in [0.25, 0.3) is 0 Å². The third-order valence-corrected chi connectivity index (χ3v) is 5.61. The summed E-state index contributed by atoms with van der Waals surface area (Å²) in [6, 6.07) is 8.48. The number of hydrogen-bond acceptors (Lipinski definition) is 4. The van der Waals surface area contributed by atoms with Gasteiger partial charge in [0, 0.05) is 19.2 Å². The molecule has 20 heavy (non-hydrogen) atoms. The molecule has 2 aliphatic heterocycles. The molecular formula is C14H20N2O3S. The molecule has 0 aliphatic carbocycles. The largest absolute Gasteiger partial charge is 0.373 e. The quantitative estimate of drug-likeness (QED) is 0.869. The van der Waals surface area contributed by atoms with E-state index in [1.54, 1.807) is 24.3 Å². The highest BCUT2D eigenvalue weighted by Gasteiger charge is 2.41. The predicted octanol–water partition coefficient (Wildman–Crippen LogP) is 0.876. The van der Waals surface area contributed by atoms with Crippen molar-refractivity contribution in [2.75, 3.05) is 19.7 Å². The van der Waals surface area contributed by atoms with Gasteiger partial charge < -0.3 is 10.1 Å². The van der Waals surface area contributed by atoms with Crippen molar-refractivity contribution in [3.8, 4) is 0 Å². The lowest BCUT2D eigenvalue weighted by Gasteiger charge is -2.37. The Kier molecular flexibility index (Phi) is 3.81. The molecular weight excluding hydrogens is 276 g/mol. The summed E-state index contributed by atoms with van der Waals surface area (Å²) in [6.07, 6.45) is 2.43. The molecule has 2 aliphatic rings. The van der Waals surface area contributed by atoms with Gasteiger partial charge in [-0.25, -0.2) is 13.1 Å². The maximum absolute atomic E-state index is 12.3. The van der Waals surface area contributed by atoms with Crippen LogP contribution < -0.4 is 10.0 Å². The average molecular weight is 296 g/mol. The molecule has 2 saturated heterocycles. The number of sulfonamides is 1. The summed E-state index contributed by atoms with van der Waals surface area (Å²) in [5.41, 5.74) is -0.178. The Morgan fingerprint density at radius 1 is 1.30 bits per heavy atom. The number of benzene rings is 1. The molecule has 0 amide bonds. The van der Waals surface area contributed by atoms with Crippen LogP contribution in [0, 0.1) is 0 Å². The van der Waals surface area contributed by atoms with Gasteiger partial charge in [-0.05, 0) is 37.9 Å². The van der Waals surface area contributed by atoms with Gasteiger partial charge >= 0.3 is 0 Å². The summed E-state index contributed by atoms with van der Waals surface area (Å²) in [7, 11) is -3.43. The lowest BCUT2D eigenvalue weighted by Crippen LogP contribution is -2.49. The molecule has 0 aromatic heterocycles. The Bertz CT molecular complexity index is 553. The van der Waals surface area contributed by atoms with Crippen LogP contribution in [0.3, 0.4) is 0 Å². The summed E-state index contributed by atoms with van der Waals surface area (Å²) in [6.45, 7) is 2.37. The second-order valence-corrected chi connectivity index (χ2v) is 7.30. The Morgan fingerprint density at radius 3 is 2.80 bits per heavy atom. The fourth-order valence-electron chi connectivity index (χ4n) is 3.03. The molecule has 6 heteroatoms. The minimum Gasteiger partial charge on any atom is -0.373 e. The summed E-state index contributed by atoms with van der Waals surface area (Å²) < 4.78 is 33.4. The van der Waals surface area contributed by atoms with E-state index in [4.69, 9.17) is 4.74 Å². The van der Waals surface area contributed by atoms with Crippen molar-refractivity contribution in [2.24, 2.45) is 0 Å². The first-order chi connectivity index (χ1) is 9.60. The molecule has 3 rings (SSSR count). The minimum absolute atomic E-state index is 0.0474. The van der Waals surface area contributed by atoms with Crippen molar-refractivity contribution < 1.29 is 13.2 Å². The Labute approximate surface area is 119 Å². The fourth-order valence-corrected chi connectivity index (χ4v) is 4.33. The van der Waals surface area contributed by atoms with Crippen LogP contribution in [0.2, 0.25) is 0 Å². The normalized spacial score (nSPS) is 30.7. The Morgan fingerprint density at radius 2 is 2.10 bits per heavy atom. The van der Waals surface area contributed by atoms with Gasteiger partial charge in [-0.3, -0.25) is 0 Å². The highest BCUT2D eigenvalue weighted by molar-refractivity contribution is 7.89. The standard InChI is InChI=1S/C14H20N2O3S/c17-20(18,13-4-2-1-3-5-13)16-12-6-9-19-14(10-12)7-8-15-11-14/h1-5,12,15-16H,6-11H2/t12-,14-/m1/s1. The predicted molar refractivity (Wildman–Crippen MR) is 76.0 cm³/mol. The van der Waals surface area contributed by atoms with E-state index >= 15 is 0 Å². The Balaban J connectivity index is 1.71. The van der Waals surface area contributed by atoms with Gasteiger partial charge in [0.15, 0.2) is 0 Å². The van der Waals surface area contributed by atoms with E-state index in [9.17, 15) is 8.42 Å². The first kappa shape index (κ1) is 14.0. The molecule has 0 saturated carbocycles. The molecule has 1 aromatic carbocycles. The van der Waals surface area contributed by atoms with Crippen molar-refractivity contribution in [1.82, 2.24) is 10.0 Å². The minimum atomic E-state index is -3.43. The van der Waals surface area contributed by atoms with Gasteiger partial charge in [0.2, 0.25) is 10.0 Å². The summed E-state index contributed by atoms with van der Waals surface area (Å²) in [4.78, 5) is 0.324.